The highest BCUT2D eigenvalue weighted by molar-refractivity contribution is 7.99. The molecule has 2 aromatic carbocycles. The van der Waals surface area contributed by atoms with Gasteiger partial charge in [-0.3, -0.25) is 4.79 Å². The molecule has 0 saturated heterocycles. The Kier molecular flexibility index (Phi) is 5.90. The van der Waals surface area contributed by atoms with Crippen molar-refractivity contribution < 1.29 is 19.0 Å². The summed E-state index contributed by atoms with van der Waals surface area (Å²) in [6.07, 6.45) is 3.63. The number of fused-ring (bicyclic) bond motifs is 1. The van der Waals surface area contributed by atoms with Gasteiger partial charge in [-0.1, -0.05) is 30.0 Å². The average molecular weight is 411 g/mol. The summed E-state index contributed by atoms with van der Waals surface area (Å²) in [5.74, 6) is 2.32. The Balaban J connectivity index is 1.36. The molecule has 8 heteroatoms. The van der Waals surface area contributed by atoms with Crippen LogP contribution in [0.2, 0.25) is 0 Å². The molecule has 0 bridgehead atoms. The van der Waals surface area contributed by atoms with E-state index in [1.165, 1.54) is 11.8 Å². The fourth-order valence-corrected chi connectivity index (χ4v) is 3.72. The molecule has 0 unspecified atom stereocenters. The summed E-state index contributed by atoms with van der Waals surface area (Å²) in [5, 5.41) is 3.68. The summed E-state index contributed by atoms with van der Waals surface area (Å²) < 4.78 is 18.3. The highest BCUT2D eigenvalue weighted by Gasteiger charge is 2.15. The Bertz CT molecular complexity index is 1010. The van der Waals surface area contributed by atoms with E-state index in [0.717, 1.165) is 22.2 Å². The molecule has 1 aliphatic heterocycles. The molecular weight excluding hydrogens is 390 g/mol. The lowest BCUT2D eigenvalue weighted by Crippen LogP contribution is -2.15. The molecule has 4 rings (SSSR count). The lowest BCUT2D eigenvalue weighted by molar-refractivity contribution is -0.113. The number of hydrogen-bond acceptors (Lipinski definition) is 6. The summed E-state index contributed by atoms with van der Waals surface area (Å²) in [6, 6.07) is 13.3. The Morgan fingerprint density at radius 2 is 2.10 bits per heavy atom. The average Bonchev–Trinajstić information content (AvgIpc) is 3.37. The summed E-state index contributed by atoms with van der Waals surface area (Å²) >= 11 is 1.39. The number of ether oxygens (including phenoxy) is 3. The van der Waals surface area contributed by atoms with E-state index in [-0.39, 0.29) is 18.5 Å². The quantitative estimate of drug-likeness (QED) is 0.569. The third-order valence-corrected chi connectivity index (χ3v) is 5.27. The molecule has 1 aromatic heterocycles. The number of imidazole rings is 1. The first kappa shape index (κ1) is 19.2. The number of thioether (sulfide) groups is 1. The van der Waals surface area contributed by atoms with Gasteiger partial charge in [-0.05, 0) is 36.8 Å². The van der Waals surface area contributed by atoms with Crippen LogP contribution in [0.4, 0.5) is 5.69 Å². The third-order valence-electron chi connectivity index (χ3n) is 4.26. The van der Waals surface area contributed by atoms with Crippen molar-refractivity contribution in [1.29, 1.82) is 0 Å². The van der Waals surface area contributed by atoms with Gasteiger partial charge in [0.25, 0.3) is 0 Å². The number of rotatable bonds is 8. The summed E-state index contributed by atoms with van der Waals surface area (Å²) in [4.78, 5) is 16.8. The predicted octanol–water partition coefficient (Wildman–Crippen LogP) is 3.79. The van der Waals surface area contributed by atoms with E-state index in [4.69, 9.17) is 14.2 Å². The van der Waals surface area contributed by atoms with Crippen molar-refractivity contribution in [2.24, 2.45) is 0 Å². The number of nitrogens with zero attached hydrogens (tertiary/aromatic N) is 2. The SMILES string of the molecule is CCOc1ccccc1NC(=O)CSc1nccn1Cc1ccc2c(c1)OCO2. The maximum atomic E-state index is 12.4. The summed E-state index contributed by atoms with van der Waals surface area (Å²) in [7, 11) is 0. The maximum Gasteiger partial charge on any atom is 0.234 e. The van der Waals surface area contributed by atoms with Gasteiger partial charge in [0.2, 0.25) is 12.7 Å². The molecule has 0 saturated carbocycles. The van der Waals surface area contributed by atoms with Crippen LogP contribution in [0, 0.1) is 0 Å². The number of aromatic nitrogens is 2. The largest absolute Gasteiger partial charge is 0.492 e. The molecule has 29 heavy (non-hydrogen) atoms. The van der Waals surface area contributed by atoms with E-state index in [2.05, 4.69) is 10.3 Å². The van der Waals surface area contributed by atoms with Gasteiger partial charge >= 0.3 is 0 Å². The van der Waals surface area contributed by atoms with Crippen LogP contribution in [0.5, 0.6) is 17.2 Å². The minimum atomic E-state index is -0.111. The van der Waals surface area contributed by atoms with Crippen molar-refractivity contribution in [3.63, 3.8) is 0 Å². The van der Waals surface area contributed by atoms with E-state index in [0.29, 0.717) is 24.6 Å². The molecule has 0 spiro atoms. The number of carbonyl (C=O) groups is 1. The zero-order chi connectivity index (χ0) is 20.1. The zero-order valence-electron chi connectivity index (χ0n) is 16.0. The van der Waals surface area contributed by atoms with Crippen LogP contribution in [-0.4, -0.2) is 34.6 Å². The Morgan fingerprint density at radius 3 is 3.00 bits per heavy atom. The number of hydrogen-bond donors (Lipinski definition) is 1. The zero-order valence-corrected chi connectivity index (χ0v) is 16.8. The first-order valence-electron chi connectivity index (χ1n) is 9.27. The third kappa shape index (κ3) is 4.65. The van der Waals surface area contributed by atoms with E-state index in [1.54, 1.807) is 6.20 Å². The molecule has 0 aliphatic carbocycles. The molecule has 0 fully saturated rings. The number of carbonyl (C=O) groups excluding carboxylic acids is 1. The van der Waals surface area contributed by atoms with Gasteiger partial charge < -0.3 is 24.1 Å². The first-order chi connectivity index (χ1) is 14.2. The van der Waals surface area contributed by atoms with Crippen molar-refractivity contribution in [1.82, 2.24) is 9.55 Å². The first-order valence-corrected chi connectivity index (χ1v) is 10.3. The topological polar surface area (TPSA) is 74.6 Å². The monoisotopic (exact) mass is 411 g/mol. The van der Waals surface area contributed by atoms with Gasteiger partial charge in [-0.2, -0.15) is 0 Å². The smallest absolute Gasteiger partial charge is 0.234 e. The van der Waals surface area contributed by atoms with Gasteiger partial charge in [-0.25, -0.2) is 4.98 Å². The molecule has 3 aromatic rings. The van der Waals surface area contributed by atoms with Gasteiger partial charge in [0.05, 0.1) is 18.0 Å². The van der Waals surface area contributed by atoms with E-state index in [1.807, 2.05) is 60.2 Å². The minimum Gasteiger partial charge on any atom is -0.492 e. The van der Waals surface area contributed by atoms with Crippen molar-refractivity contribution in [3.05, 3.63) is 60.4 Å². The fourth-order valence-electron chi connectivity index (χ4n) is 2.96. The predicted molar refractivity (Wildman–Crippen MR) is 111 cm³/mol. The number of amides is 1. The molecule has 7 nitrogen and oxygen atoms in total. The van der Waals surface area contributed by atoms with Crippen LogP contribution in [0.3, 0.4) is 0 Å². The van der Waals surface area contributed by atoms with Crippen LogP contribution in [0.1, 0.15) is 12.5 Å². The number of para-hydroxylation sites is 2. The van der Waals surface area contributed by atoms with Crippen molar-refractivity contribution in [3.8, 4) is 17.2 Å². The molecule has 0 radical (unpaired) electrons. The lowest BCUT2D eigenvalue weighted by Gasteiger charge is -2.11. The second-order valence-electron chi connectivity index (χ2n) is 6.29. The second-order valence-corrected chi connectivity index (χ2v) is 7.23. The van der Waals surface area contributed by atoms with Crippen LogP contribution in [0.25, 0.3) is 0 Å². The lowest BCUT2D eigenvalue weighted by atomic mass is 10.2. The minimum absolute atomic E-state index is 0.111. The number of anilines is 1. The van der Waals surface area contributed by atoms with E-state index >= 15 is 0 Å². The van der Waals surface area contributed by atoms with Crippen LogP contribution in [0.15, 0.2) is 60.0 Å². The number of nitrogens with one attached hydrogen (secondary N) is 1. The molecule has 2 heterocycles. The normalized spacial score (nSPS) is 12.0. The molecule has 0 atom stereocenters. The molecule has 1 N–H and O–H groups in total. The second kappa shape index (κ2) is 8.91. The molecule has 150 valence electrons. The Hall–Kier alpha value is -3.13. The Labute approximate surface area is 173 Å². The number of benzene rings is 2. The van der Waals surface area contributed by atoms with Crippen LogP contribution >= 0.6 is 11.8 Å². The van der Waals surface area contributed by atoms with Crippen LogP contribution < -0.4 is 19.5 Å². The molecule has 1 amide bonds. The molecule has 1 aliphatic rings. The standard InChI is InChI=1S/C21H21N3O4S/c1-2-26-17-6-4-3-5-16(17)23-20(25)13-29-21-22-9-10-24(21)12-15-7-8-18-19(11-15)28-14-27-18/h3-11H,2,12-14H2,1H3,(H,23,25). The summed E-state index contributed by atoms with van der Waals surface area (Å²) in [6.45, 7) is 3.34. The van der Waals surface area contributed by atoms with E-state index < -0.39 is 0 Å². The van der Waals surface area contributed by atoms with Crippen molar-refractivity contribution in [2.45, 2.75) is 18.6 Å². The fraction of sp³-hybridized carbons (Fsp3) is 0.238. The van der Waals surface area contributed by atoms with Crippen molar-refractivity contribution >= 4 is 23.4 Å². The van der Waals surface area contributed by atoms with Gasteiger partial charge in [-0.15, -0.1) is 0 Å². The van der Waals surface area contributed by atoms with Gasteiger partial charge in [0.1, 0.15) is 5.75 Å². The van der Waals surface area contributed by atoms with E-state index in [9.17, 15) is 4.79 Å². The summed E-state index contributed by atoms with van der Waals surface area (Å²) in [5.41, 5.74) is 1.74. The Morgan fingerprint density at radius 1 is 1.24 bits per heavy atom. The maximum absolute atomic E-state index is 12.4. The molecular formula is C21H21N3O4S. The highest BCUT2D eigenvalue weighted by Crippen LogP contribution is 2.33. The van der Waals surface area contributed by atoms with Gasteiger partial charge in [0.15, 0.2) is 16.7 Å². The van der Waals surface area contributed by atoms with Crippen molar-refractivity contribution in [2.75, 3.05) is 24.5 Å². The van der Waals surface area contributed by atoms with Gasteiger partial charge in [0, 0.05) is 18.9 Å². The van der Waals surface area contributed by atoms with Crippen LogP contribution in [-0.2, 0) is 11.3 Å². The highest BCUT2D eigenvalue weighted by atomic mass is 32.2.